The third kappa shape index (κ3) is 2.99. The molecular weight excluding hydrogens is 260 g/mol. The van der Waals surface area contributed by atoms with E-state index in [9.17, 15) is 0 Å². The van der Waals surface area contributed by atoms with Crippen LogP contribution in [0.4, 0.5) is 0 Å². The number of ether oxygens (including phenoxy) is 2. The third-order valence-electron chi connectivity index (χ3n) is 3.99. The monoisotopic (exact) mass is 282 g/mol. The maximum Gasteiger partial charge on any atom is 0.168 e. The van der Waals surface area contributed by atoms with Gasteiger partial charge in [-0.2, -0.15) is 0 Å². The highest BCUT2D eigenvalue weighted by Gasteiger charge is 2.40. The van der Waals surface area contributed by atoms with Crippen molar-refractivity contribution in [1.29, 1.82) is 0 Å². The van der Waals surface area contributed by atoms with E-state index in [2.05, 4.69) is 30.2 Å². The minimum absolute atomic E-state index is 0.242. The van der Waals surface area contributed by atoms with Crippen molar-refractivity contribution in [3.05, 3.63) is 16.1 Å². The summed E-state index contributed by atoms with van der Waals surface area (Å²) in [4.78, 5) is 8.14. The van der Waals surface area contributed by atoms with Gasteiger partial charge in [-0.25, -0.2) is 4.98 Å². The normalized spacial score (nSPS) is 23.5. The fraction of sp³-hybridized carbons (Fsp3) is 0.786. The van der Waals surface area contributed by atoms with Crippen LogP contribution in [0.15, 0.2) is 6.20 Å². The number of hydrogen-bond donors (Lipinski definition) is 0. The summed E-state index contributed by atoms with van der Waals surface area (Å²) in [6.45, 7) is 2.46. The van der Waals surface area contributed by atoms with Gasteiger partial charge in [0.05, 0.1) is 13.2 Å². The van der Waals surface area contributed by atoms with Crippen molar-refractivity contribution in [2.75, 3.05) is 27.3 Å². The Labute approximate surface area is 118 Å². The van der Waals surface area contributed by atoms with Crippen LogP contribution in [0.3, 0.4) is 0 Å². The highest BCUT2D eigenvalue weighted by atomic mass is 32.1. The first-order valence-corrected chi connectivity index (χ1v) is 7.86. The molecule has 1 aromatic heterocycles. The smallest absolute Gasteiger partial charge is 0.168 e. The predicted molar refractivity (Wildman–Crippen MR) is 75.3 cm³/mol. The first-order valence-electron chi connectivity index (χ1n) is 7.04. The Bertz CT molecular complexity index is 417. The topological polar surface area (TPSA) is 34.6 Å². The number of rotatable bonds is 3. The van der Waals surface area contributed by atoms with Crippen LogP contribution in [0.2, 0.25) is 0 Å². The van der Waals surface area contributed by atoms with Gasteiger partial charge in [-0.3, -0.25) is 0 Å². The van der Waals surface area contributed by atoms with Gasteiger partial charge >= 0.3 is 0 Å². The van der Waals surface area contributed by atoms with E-state index in [1.54, 1.807) is 0 Å². The van der Waals surface area contributed by atoms with Gasteiger partial charge in [-0.1, -0.05) is 0 Å². The largest absolute Gasteiger partial charge is 0.348 e. The number of hydrogen-bond acceptors (Lipinski definition) is 5. The maximum atomic E-state index is 5.78. The molecule has 106 valence electrons. The molecule has 1 aromatic rings. The second-order valence-electron chi connectivity index (χ2n) is 5.78. The van der Waals surface area contributed by atoms with Crippen molar-refractivity contribution in [2.24, 2.45) is 0 Å². The molecule has 4 nitrogen and oxygen atoms in total. The molecule has 2 aliphatic rings. The lowest BCUT2D eigenvalue weighted by atomic mass is 9.84. The Morgan fingerprint density at radius 3 is 2.63 bits per heavy atom. The summed E-state index contributed by atoms with van der Waals surface area (Å²) in [6, 6.07) is 0. The summed E-state index contributed by atoms with van der Waals surface area (Å²) < 4.78 is 11.6. The third-order valence-corrected chi connectivity index (χ3v) is 5.13. The molecule has 1 spiro atoms. The molecule has 0 atom stereocenters. The van der Waals surface area contributed by atoms with Crippen LogP contribution in [-0.4, -0.2) is 43.0 Å². The Morgan fingerprint density at radius 1 is 1.32 bits per heavy atom. The van der Waals surface area contributed by atoms with E-state index in [-0.39, 0.29) is 5.79 Å². The van der Waals surface area contributed by atoms with Crippen LogP contribution in [0.1, 0.15) is 41.5 Å². The zero-order valence-corrected chi connectivity index (χ0v) is 12.5. The van der Waals surface area contributed by atoms with Crippen LogP contribution < -0.4 is 0 Å². The predicted octanol–water partition coefficient (Wildman–Crippen LogP) is 2.61. The summed E-state index contributed by atoms with van der Waals surface area (Å²) in [5, 5.41) is 1.22. The van der Waals surface area contributed by atoms with E-state index in [4.69, 9.17) is 9.47 Å². The molecule has 3 rings (SSSR count). The van der Waals surface area contributed by atoms with Gasteiger partial charge in [0.1, 0.15) is 5.01 Å². The van der Waals surface area contributed by atoms with Crippen molar-refractivity contribution in [3.63, 3.8) is 0 Å². The Kier molecular flexibility index (Phi) is 3.89. The minimum Gasteiger partial charge on any atom is -0.348 e. The van der Waals surface area contributed by atoms with E-state index in [0.29, 0.717) is 5.92 Å². The molecule has 5 heteroatoms. The molecule has 0 N–H and O–H groups in total. The molecular formula is C14H22N2O2S. The van der Waals surface area contributed by atoms with Gasteiger partial charge in [0.2, 0.25) is 0 Å². The summed E-state index contributed by atoms with van der Waals surface area (Å²) in [5.41, 5.74) is 0. The zero-order chi connectivity index (χ0) is 13.3. The molecule has 0 radical (unpaired) electrons. The van der Waals surface area contributed by atoms with Gasteiger partial charge in [0, 0.05) is 30.5 Å². The Morgan fingerprint density at radius 2 is 2.00 bits per heavy atom. The van der Waals surface area contributed by atoms with Crippen molar-refractivity contribution >= 4 is 11.3 Å². The number of aromatic nitrogens is 1. The van der Waals surface area contributed by atoms with Crippen molar-refractivity contribution in [2.45, 2.75) is 43.9 Å². The molecule has 1 saturated heterocycles. The molecule has 0 aromatic carbocycles. The zero-order valence-electron chi connectivity index (χ0n) is 11.7. The first-order chi connectivity index (χ1) is 9.17. The lowest BCUT2D eigenvalue weighted by molar-refractivity contribution is -0.178. The Balaban J connectivity index is 1.60. The number of thiazole rings is 1. The lowest BCUT2D eigenvalue weighted by Gasteiger charge is -2.34. The van der Waals surface area contributed by atoms with Crippen molar-refractivity contribution < 1.29 is 9.47 Å². The van der Waals surface area contributed by atoms with Crippen LogP contribution >= 0.6 is 11.3 Å². The van der Waals surface area contributed by atoms with E-state index in [0.717, 1.165) is 45.4 Å². The van der Waals surface area contributed by atoms with Crippen molar-refractivity contribution in [1.82, 2.24) is 9.88 Å². The molecule has 1 aliphatic heterocycles. The summed E-state index contributed by atoms with van der Waals surface area (Å²) in [7, 11) is 4.17. The molecule has 2 heterocycles. The molecule has 0 unspecified atom stereocenters. The second kappa shape index (κ2) is 5.48. The fourth-order valence-corrected chi connectivity index (χ4v) is 4.19. The number of nitrogens with zero attached hydrogens (tertiary/aromatic N) is 2. The van der Waals surface area contributed by atoms with Gasteiger partial charge in [0.25, 0.3) is 0 Å². The lowest BCUT2D eigenvalue weighted by Crippen LogP contribution is -2.34. The second-order valence-corrected chi connectivity index (χ2v) is 6.92. The van der Waals surface area contributed by atoms with Crippen molar-refractivity contribution in [3.8, 4) is 0 Å². The van der Waals surface area contributed by atoms with Gasteiger partial charge < -0.3 is 14.4 Å². The molecule has 1 saturated carbocycles. The molecule has 19 heavy (non-hydrogen) atoms. The average Bonchev–Trinajstić information content (AvgIpc) is 3.00. The minimum atomic E-state index is -0.242. The maximum absolute atomic E-state index is 5.78. The fourth-order valence-electron chi connectivity index (χ4n) is 2.98. The van der Waals surface area contributed by atoms with Crippen LogP contribution in [-0.2, 0) is 16.0 Å². The summed E-state index contributed by atoms with van der Waals surface area (Å²) in [6.07, 6.45) is 6.44. The van der Waals surface area contributed by atoms with Crippen LogP contribution in [0.5, 0.6) is 0 Å². The summed E-state index contributed by atoms with van der Waals surface area (Å²) >= 11 is 1.86. The highest BCUT2D eigenvalue weighted by Crippen LogP contribution is 2.43. The quantitative estimate of drug-likeness (QED) is 0.853. The van der Waals surface area contributed by atoms with Crippen LogP contribution in [0.25, 0.3) is 0 Å². The average molecular weight is 282 g/mol. The highest BCUT2D eigenvalue weighted by molar-refractivity contribution is 7.11. The van der Waals surface area contributed by atoms with E-state index >= 15 is 0 Å². The SMILES string of the molecule is CN(C)Cc1ncc(C2CCC3(CC2)OCCO3)s1. The van der Waals surface area contributed by atoms with E-state index < -0.39 is 0 Å². The van der Waals surface area contributed by atoms with Gasteiger partial charge in [0.15, 0.2) is 5.79 Å². The molecule has 1 aliphatic carbocycles. The summed E-state index contributed by atoms with van der Waals surface area (Å²) in [5.74, 6) is 0.403. The molecule has 0 bridgehead atoms. The molecule has 0 amide bonds. The standard InChI is InChI=1S/C14H22N2O2S/c1-16(2)10-13-15-9-12(19-13)11-3-5-14(6-4-11)17-7-8-18-14/h9,11H,3-8,10H2,1-2H3. The van der Waals surface area contributed by atoms with Gasteiger partial charge in [-0.05, 0) is 32.9 Å². The first kappa shape index (κ1) is 13.5. The van der Waals surface area contributed by atoms with Crippen LogP contribution in [0, 0.1) is 0 Å². The Hall–Kier alpha value is -0.490. The van der Waals surface area contributed by atoms with E-state index in [1.165, 1.54) is 9.88 Å². The van der Waals surface area contributed by atoms with E-state index in [1.807, 2.05) is 11.3 Å². The van der Waals surface area contributed by atoms with Gasteiger partial charge in [-0.15, -0.1) is 11.3 Å². The molecule has 2 fully saturated rings.